The monoisotopic (exact) mass is 277 g/mol. The zero-order chi connectivity index (χ0) is 13.2. The van der Waals surface area contributed by atoms with Gasteiger partial charge in [0.15, 0.2) is 5.13 Å². The number of hydrogen-bond donors (Lipinski definition) is 1. The van der Waals surface area contributed by atoms with Crippen molar-refractivity contribution in [3.8, 4) is 0 Å². The van der Waals surface area contributed by atoms with Crippen molar-refractivity contribution in [2.45, 2.75) is 13.0 Å². The molecule has 0 radical (unpaired) electrons. The van der Waals surface area contributed by atoms with E-state index in [9.17, 15) is 0 Å². The van der Waals surface area contributed by atoms with Gasteiger partial charge in [-0.2, -0.15) is 0 Å². The van der Waals surface area contributed by atoms with Crippen molar-refractivity contribution in [1.82, 2.24) is 9.88 Å². The van der Waals surface area contributed by atoms with Crippen LogP contribution in [0.1, 0.15) is 5.56 Å². The zero-order valence-corrected chi connectivity index (χ0v) is 12.2. The topological polar surface area (TPSA) is 37.4 Å². The lowest BCUT2D eigenvalue weighted by atomic mass is 10.2. The van der Waals surface area contributed by atoms with E-state index < -0.39 is 0 Å². The van der Waals surface area contributed by atoms with Crippen LogP contribution in [0.15, 0.2) is 18.2 Å². The summed E-state index contributed by atoms with van der Waals surface area (Å²) in [5, 5.41) is 4.38. The number of aryl methyl sites for hydroxylation is 1. The fourth-order valence-corrected chi connectivity index (χ4v) is 3.27. The molecule has 1 fully saturated rings. The second kappa shape index (κ2) is 5.45. The fraction of sp³-hybridized carbons (Fsp3) is 0.500. The fourth-order valence-electron chi connectivity index (χ4n) is 2.30. The van der Waals surface area contributed by atoms with Crippen molar-refractivity contribution in [1.29, 1.82) is 0 Å². The van der Waals surface area contributed by atoms with Crippen molar-refractivity contribution in [2.24, 2.45) is 0 Å². The maximum atomic E-state index is 5.74. The summed E-state index contributed by atoms with van der Waals surface area (Å²) in [4.78, 5) is 6.90. The Bertz CT molecular complexity index is 569. The lowest BCUT2D eigenvalue weighted by molar-refractivity contribution is -0.0117. The average molecular weight is 277 g/mol. The highest BCUT2D eigenvalue weighted by molar-refractivity contribution is 7.22. The second-order valence-corrected chi connectivity index (χ2v) is 6.16. The van der Waals surface area contributed by atoms with Crippen LogP contribution in [0.3, 0.4) is 0 Å². The van der Waals surface area contributed by atoms with Crippen LogP contribution >= 0.6 is 11.3 Å². The molecule has 1 atom stereocenters. The summed E-state index contributed by atoms with van der Waals surface area (Å²) in [6, 6.07) is 6.37. The molecule has 0 bridgehead atoms. The Kier molecular flexibility index (Phi) is 3.68. The molecule has 2 aromatic rings. The van der Waals surface area contributed by atoms with Crippen LogP contribution in [0, 0.1) is 6.92 Å². The number of likely N-dealkylation sites (N-methyl/N-ethyl adjacent to an activating group) is 1. The van der Waals surface area contributed by atoms with Gasteiger partial charge in [-0.25, -0.2) is 4.98 Å². The number of nitrogens with zero attached hydrogens (tertiary/aromatic N) is 2. The first-order chi connectivity index (χ1) is 9.20. The molecule has 1 aromatic carbocycles. The second-order valence-electron chi connectivity index (χ2n) is 5.13. The Morgan fingerprint density at radius 1 is 1.53 bits per heavy atom. The molecule has 4 nitrogen and oxygen atoms in total. The first-order valence-corrected chi connectivity index (χ1v) is 7.43. The van der Waals surface area contributed by atoms with Crippen molar-refractivity contribution >= 4 is 26.7 Å². The lowest BCUT2D eigenvalue weighted by Crippen LogP contribution is -2.43. The van der Waals surface area contributed by atoms with Gasteiger partial charge in [-0.05, 0) is 31.7 Å². The third-order valence-electron chi connectivity index (χ3n) is 3.37. The summed E-state index contributed by atoms with van der Waals surface area (Å²) >= 11 is 1.71. The molecule has 3 rings (SSSR count). The average Bonchev–Trinajstić information content (AvgIpc) is 2.78. The van der Waals surface area contributed by atoms with Crippen LogP contribution < -0.4 is 5.32 Å². The Morgan fingerprint density at radius 2 is 2.42 bits per heavy atom. The molecule has 0 saturated carbocycles. The molecular formula is C14H19N3OS. The number of ether oxygens (including phenoxy) is 1. The highest BCUT2D eigenvalue weighted by Crippen LogP contribution is 2.26. The van der Waals surface area contributed by atoms with E-state index in [0.29, 0.717) is 0 Å². The van der Waals surface area contributed by atoms with Gasteiger partial charge < -0.3 is 15.0 Å². The Balaban J connectivity index is 1.65. The van der Waals surface area contributed by atoms with E-state index in [1.807, 2.05) is 0 Å². The van der Waals surface area contributed by atoms with Gasteiger partial charge in [0, 0.05) is 19.6 Å². The van der Waals surface area contributed by atoms with E-state index in [2.05, 4.69) is 47.4 Å². The van der Waals surface area contributed by atoms with E-state index in [-0.39, 0.29) is 6.10 Å². The number of fused-ring (bicyclic) bond motifs is 1. The molecule has 0 spiro atoms. The number of nitrogens with one attached hydrogen (secondary N) is 1. The third-order valence-corrected chi connectivity index (χ3v) is 4.34. The zero-order valence-electron chi connectivity index (χ0n) is 11.3. The number of morpholine rings is 1. The van der Waals surface area contributed by atoms with Crippen molar-refractivity contribution in [2.75, 3.05) is 38.6 Å². The molecule has 0 aliphatic carbocycles. The van der Waals surface area contributed by atoms with Crippen LogP contribution in [0.5, 0.6) is 0 Å². The smallest absolute Gasteiger partial charge is 0.183 e. The first kappa shape index (κ1) is 12.8. The normalized spacial score (nSPS) is 20.8. The van der Waals surface area contributed by atoms with Crippen LogP contribution in [-0.4, -0.2) is 49.3 Å². The molecular weight excluding hydrogens is 258 g/mol. The van der Waals surface area contributed by atoms with Gasteiger partial charge in [-0.15, -0.1) is 0 Å². The predicted molar refractivity (Wildman–Crippen MR) is 80.1 cm³/mol. The molecule has 1 N–H and O–H groups in total. The minimum atomic E-state index is 0.257. The molecule has 1 aliphatic rings. The minimum Gasteiger partial charge on any atom is -0.374 e. The minimum absolute atomic E-state index is 0.257. The standard InChI is InChI=1S/C14H19N3OS/c1-10-3-4-12-13(7-10)19-14(16-12)15-8-11-9-17(2)5-6-18-11/h3-4,7,11H,5-6,8-9H2,1-2H3,(H,15,16). The molecule has 1 aliphatic heterocycles. The highest BCUT2D eigenvalue weighted by Gasteiger charge is 2.17. The Hall–Kier alpha value is -1.17. The summed E-state index contributed by atoms with van der Waals surface area (Å²) in [6.45, 7) is 5.76. The van der Waals surface area contributed by atoms with Gasteiger partial charge in [0.2, 0.25) is 0 Å². The molecule has 2 heterocycles. The maximum absolute atomic E-state index is 5.74. The summed E-state index contributed by atoms with van der Waals surface area (Å²) in [5.74, 6) is 0. The van der Waals surface area contributed by atoms with Crippen LogP contribution in [-0.2, 0) is 4.74 Å². The van der Waals surface area contributed by atoms with Gasteiger partial charge in [0.05, 0.1) is 22.9 Å². The first-order valence-electron chi connectivity index (χ1n) is 6.62. The summed E-state index contributed by atoms with van der Waals surface area (Å²) in [7, 11) is 2.13. The quantitative estimate of drug-likeness (QED) is 0.934. The van der Waals surface area contributed by atoms with E-state index in [1.165, 1.54) is 10.3 Å². The molecule has 19 heavy (non-hydrogen) atoms. The number of aromatic nitrogens is 1. The van der Waals surface area contributed by atoms with Gasteiger partial charge in [0.1, 0.15) is 0 Å². The Labute approximate surface area is 117 Å². The van der Waals surface area contributed by atoms with E-state index in [0.717, 1.165) is 36.9 Å². The van der Waals surface area contributed by atoms with Crippen LogP contribution in [0.25, 0.3) is 10.2 Å². The van der Waals surface area contributed by atoms with Gasteiger partial charge in [-0.1, -0.05) is 17.4 Å². The van der Waals surface area contributed by atoms with Crippen molar-refractivity contribution in [3.05, 3.63) is 23.8 Å². The highest BCUT2D eigenvalue weighted by atomic mass is 32.1. The number of rotatable bonds is 3. The summed E-state index contributed by atoms with van der Waals surface area (Å²) in [5.41, 5.74) is 2.35. The maximum Gasteiger partial charge on any atom is 0.183 e. The number of anilines is 1. The third kappa shape index (κ3) is 3.05. The van der Waals surface area contributed by atoms with Crippen LogP contribution in [0.4, 0.5) is 5.13 Å². The van der Waals surface area contributed by atoms with E-state index in [4.69, 9.17) is 4.74 Å². The number of benzene rings is 1. The molecule has 5 heteroatoms. The summed E-state index contributed by atoms with van der Waals surface area (Å²) < 4.78 is 6.98. The largest absolute Gasteiger partial charge is 0.374 e. The molecule has 1 unspecified atom stereocenters. The van der Waals surface area contributed by atoms with E-state index >= 15 is 0 Å². The molecule has 1 saturated heterocycles. The van der Waals surface area contributed by atoms with Gasteiger partial charge >= 0.3 is 0 Å². The lowest BCUT2D eigenvalue weighted by Gasteiger charge is -2.29. The summed E-state index contributed by atoms with van der Waals surface area (Å²) in [6.07, 6.45) is 0.257. The molecule has 102 valence electrons. The van der Waals surface area contributed by atoms with Gasteiger partial charge in [0.25, 0.3) is 0 Å². The van der Waals surface area contributed by atoms with Crippen molar-refractivity contribution in [3.63, 3.8) is 0 Å². The van der Waals surface area contributed by atoms with E-state index in [1.54, 1.807) is 11.3 Å². The molecule has 1 aromatic heterocycles. The predicted octanol–water partition coefficient (Wildman–Crippen LogP) is 2.35. The van der Waals surface area contributed by atoms with Crippen molar-refractivity contribution < 1.29 is 4.74 Å². The number of thiazole rings is 1. The van der Waals surface area contributed by atoms with Gasteiger partial charge in [-0.3, -0.25) is 0 Å². The molecule has 0 amide bonds. The SMILES string of the molecule is Cc1ccc2nc(NCC3CN(C)CCO3)sc2c1. The van der Waals surface area contributed by atoms with Crippen LogP contribution in [0.2, 0.25) is 0 Å². The number of hydrogen-bond acceptors (Lipinski definition) is 5. The Morgan fingerprint density at radius 3 is 3.26 bits per heavy atom.